The number of hydrogen-bond acceptors (Lipinski definition) is 4. The van der Waals surface area contributed by atoms with Crippen LogP contribution in [0.5, 0.6) is 0 Å². The monoisotopic (exact) mass is 263 g/mol. The quantitative estimate of drug-likeness (QED) is 0.903. The van der Waals surface area contributed by atoms with Crippen molar-refractivity contribution in [3.05, 3.63) is 23.5 Å². The fourth-order valence-electron chi connectivity index (χ4n) is 2.31. The minimum Gasteiger partial charge on any atom is -0.380 e. The van der Waals surface area contributed by atoms with E-state index in [2.05, 4.69) is 42.0 Å². The zero-order chi connectivity index (χ0) is 13.7. The second-order valence-electron chi connectivity index (χ2n) is 5.44. The molecule has 2 rings (SSSR count). The maximum absolute atomic E-state index is 5.54. The average molecular weight is 263 g/mol. The molecule has 0 spiro atoms. The lowest BCUT2D eigenvalue weighted by molar-refractivity contribution is 0.152. The van der Waals surface area contributed by atoms with Crippen molar-refractivity contribution in [2.45, 2.75) is 39.8 Å². The van der Waals surface area contributed by atoms with Crippen molar-refractivity contribution in [2.75, 3.05) is 31.2 Å². The van der Waals surface area contributed by atoms with Crippen LogP contribution in [0.4, 0.5) is 5.69 Å². The third-order valence-electron chi connectivity index (χ3n) is 3.36. The van der Waals surface area contributed by atoms with Gasteiger partial charge in [-0.3, -0.25) is 4.98 Å². The van der Waals surface area contributed by atoms with Crippen LogP contribution in [0.1, 0.15) is 31.5 Å². The van der Waals surface area contributed by atoms with Gasteiger partial charge in [0.2, 0.25) is 0 Å². The molecule has 1 saturated heterocycles. The molecule has 2 heterocycles. The van der Waals surface area contributed by atoms with E-state index in [1.807, 2.05) is 6.20 Å². The van der Waals surface area contributed by atoms with E-state index < -0.39 is 0 Å². The highest BCUT2D eigenvalue weighted by Gasteiger charge is 2.14. The fourth-order valence-corrected chi connectivity index (χ4v) is 2.31. The first-order valence-corrected chi connectivity index (χ1v) is 7.18. The van der Waals surface area contributed by atoms with Crippen LogP contribution in [0.3, 0.4) is 0 Å². The first-order chi connectivity index (χ1) is 9.16. The summed E-state index contributed by atoms with van der Waals surface area (Å²) in [6.45, 7) is 11.0. The summed E-state index contributed by atoms with van der Waals surface area (Å²) in [5.74, 6) is 0. The number of nitrogens with one attached hydrogen (secondary N) is 1. The fraction of sp³-hybridized carbons (Fsp3) is 0.667. The van der Waals surface area contributed by atoms with Gasteiger partial charge in [-0.15, -0.1) is 0 Å². The van der Waals surface area contributed by atoms with Crippen LogP contribution in [-0.4, -0.2) is 37.3 Å². The minimum absolute atomic E-state index is 0.488. The van der Waals surface area contributed by atoms with Crippen LogP contribution in [0.2, 0.25) is 0 Å². The van der Waals surface area contributed by atoms with E-state index in [-0.39, 0.29) is 0 Å². The van der Waals surface area contributed by atoms with Crippen LogP contribution in [0.25, 0.3) is 0 Å². The summed E-state index contributed by atoms with van der Waals surface area (Å²) >= 11 is 0. The highest BCUT2D eigenvalue weighted by atomic mass is 16.5. The molecule has 0 atom stereocenters. The van der Waals surface area contributed by atoms with Crippen LogP contribution in [-0.2, 0) is 11.3 Å². The summed E-state index contributed by atoms with van der Waals surface area (Å²) in [7, 11) is 0. The highest BCUT2D eigenvalue weighted by molar-refractivity contribution is 5.53. The molecular weight excluding hydrogens is 238 g/mol. The van der Waals surface area contributed by atoms with Gasteiger partial charge in [0.15, 0.2) is 0 Å². The third-order valence-corrected chi connectivity index (χ3v) is 3.36. The average Bonchev–Trinajstić information content (AvgIpc) is 2.65. The van der Waals surface area contributed by atoms with Crippen molar-refractivity contribution < 1.29 is 4.74 Å². The second-order valence-corrected chi connectivity index (χ2v) is 5.44. The Balaban J connectivity index is 2.17. The third kappa shape index (κ3) is 4.18. The zero-order valence-electron chi connectivity index (χ0n) is 12.3. The topological polar surface area (TPSA) is 37.4 Å². The predicted molar refractivity (Wildman–Crippen MR) is 78.6 cm³/mol. The van der Waals surface area contributed by atoms with Gasteiger partial charge in [0.25, 0.3) is 0 Å². The molecule has 1 aromatic heterocycles. The molecule has 4 heteroatoms. The molecule has 0 saturated carbocycles. The number of pyridine rings is 1. The molecule has 1 aliphatic rings. The van der Waals surface area contributed by atoms with Gasteiger partial charge in [0.05, 0.1) is 6.61 Å². The Labute approximate surface area is 116 Å². The predicted octanol–water partition coefficient (Wildman–Crippen LogP) is 2.11. The number of ether oxygens (including phenoxy) is 1. The summed E-state index contributed by atoms with van der Waals surface area (Å²) < 4.78 is 5.54. The molecule has 1 aliphatic heterocycles. The zero-order valence-corrected chi connectivity index (χ0v) is 12.3. The molecule has 0 aliphatic carbocycles. The van der Waals surface area contributed by atoms with Gasteiger partial charge in [0.1, 0.15) is 0 Å². The molecule has 0 bridgehead atoms. The molecule has 106 valence electrons. The lowest BCUT2D eigenvalue weighted by atomic mass is 10.1. The maximum Gasteiger partial charge on any atom is 0.0641 e. The van der Waals surface area contributed by atoms with Crippen molar-refractivity contribution >= 4 is 5.69 Å². The van der Waals surface area contributed by atoms with Gasteiger partial charge in [-0.2, -0.15) is 0 Å². The van der Waals surface area contributed by atoms with E-state index in [9.17, 15) is 0 Å². The molecule has 1 aromatic rings. The van der Waals surface area contributed by atoms with E-state index in [1.54, 1.807) is 0 Å². The maximum atomic E-state index is 5.54. The molecule has 0 unspecified atom stereocenters. The Bertz CT molecular complexity index is 398. The lowest BCUT2D eigenvalue weighted by Crippen LogP contribution is -2.29. The standard InChI is InChI=1S/C15H25N3O/c1-12(2)16-10-14-11-17-13(3)9-15(14)18-5-4-7-19-8-6-18/h9,11-12,16H,4-8,10H2,1-3H3. The molecular formula is C15H25N3O. The number of nitrogens with zero attached hydrogens (tertiary/aromatic N) is 2. The van der Waals surface area contributed by atoms with Crippen molar-refractivity contribution in [1.82, 2.24) is 10.3 Å². The summed E-state index contributed by atoms with van der Waals surface area (Å²) in [5, 5.41) is 3.48. The summed E-state index contributed by atoms with van der Waals surface area (Å²) in [4.78, 5) is 6.87. The van der Waals surface area contributed by atoms with Gasteiger partial charge in [0, 0.05) is 55.4 Å². The molecule has 0 amide bonds. The Morgan fingerprint density at radius 3 is 3.00 bits per heavy atom. The Morgan fingerprint density at radius 1 is 1.37 bits per heavy atom. The Hall–Kier alpha value is -1.13. The number of rotatable bonds is 4. The van der Waals surface area contributed by atoms with E-state index in [1.165, 1.54) is 11.3 Å². The smallest absolute Gasteiger partial charge is 0.0641 e. The van der Waals surface area contributed by atoms with E-state index in [4.69, 9.17) is 4.74 Å². The number of aromatic nitrogens is 1. The summed E-state index contributed by atoms with van der Waals surface area (Å²) in [6, 6.07) is 2.68. The van der Waals surface area contributed by atoms with Gasteiger partial charge in [-0.1, -0.05) is 13.8 Å². The SMILES string of the molecule is Cc1cc(N2CCCOCC2)c(CNC(C)C)cn1. The molecule has 1 N–H and O–H groups in total. The first-order valence-electron chi connectivity index (χ1n) is 7.18. The van der Waals surface area contributed by atoms with Crippen LogP contribution in [0.15, 0.2) is 12.3 Å². The van der Waals surface area contributed by atoms with Crippen LogP contribution in [0, 0.1) is 6.92 Å². The van der Waals surface area contributed by atoms with Crippen molar-refractivity contribution in [2.24, 2.45) is 0 Å². The highest BCUT2D eigenvalue weighted by Crippen LogP contribution is 2.22. The minimum atomic E-state index is 0.488. The lowest BCUT2D eigenvalue weighted by Gasteiger charge is -2.25. The van der Waals surface area contributed by atoms with Crippen LogP contribution < -0.4 is 10.2 Å². The second kappa shape index (κ2) is 6.87. The van der Waals surface area contributed by atoms with Gasteiger partial charge in [-0.05, 0) is 19.4 Å². The molecule has 4 nitrogen and oxygen atoms in total. The number of hydrogen-bond donors (Lipinski definition) is 1. The van der Waals surface area contributed by atoms with Gasteiger partial charge >= 0.3 is 0 Å². The summed E-state index contributed by atoms with van der Waals surface area (Å²) in [6.07, 6.45) is 3.10. The van der Waals surface area contributed by atoms with Gasteiger partial charge in [-0.25, -0.2) is 0 Å². The Kier molecular flexibility index (Phi) is 5.16. The Morgan fingerprint density at radius 2 is 2.21 bits per heavy atom. The molecule has 0 radical (unpaired) electrons. The molecule has 0 aromatic carbocycles. The van der Waals surface area contributed by atoms with Crippen molar-refractivity contribution in [3.8, 4) is 0 Å². The first kappa shape index (κ1) is 14.3. The number of aryl methyl sites for hydroxylation is 1. The normalized spacial score (nSPS) is 16.7. The number of anilines is 1. The van der Waals surface area contributed by atoms with E-state index >= 15 is 0 Å². The van der Waals surface area contributed by atoms with E-state index in [0.717, 1.165) is 45.0 Å². The van der Waals surface area contributed by atoms with E-state index in [0.29, 0.717) is 6.04 Å². The van der Waals surface area contributed by atoms with Crippen LogP contribution >= 0.6 is 0 Å². The van der Waals surface area contributed by atoms with Crippen molar-refractivity contribution in [1.29, 1.82) is 0 Å². The largest absolute Gasteiger partial charge is 0.380 e. The van der Waals surface area contributed by atoms with Gasteiger partial charge < -0.3 is 15.0 Å². The summed E-state index contributed by atoms with van der Waals surface area (Å²) in [5.41, 5.74) is 3.67. The van der Waals surface area contributed by atoms with Crippen molar-refractivity contribution in [3.63, 3.8) is 0 Å². The molecule has 1 fully saturated rings. The molecule has 19 heavy (non-hydrogen) atoms.